The molecule has 2 amide bonds. The van der Waals surface area contributed by atoms with Crippen molar-refractivity contribution in [2.24, 2.45) is 5.92 Å². The van der Waals surface area contributed by atoms with Crippen LogP contribution in [0.4, 0.5) is 4.79 Å². The number of hydrogen-bond acceptors (Lipinski definition) is 9. The maximum atomic E-state index is 12.7. The summed E-state index contributed by atoms with van der Waals surface area (Å²) < 4.78 is 43.0. The second-order valence-corrected chi connectivity index (χ2v) is 11.0. The normalized spacial score (nSPS) is 19.7. The second kappa shape index (κ2) is 10.6. The van der Waals surface area contributed by atoms with Crippen LogP contribution >= 0.6 is 11.3 Å². The fourth-order valence-corrected chi connectivity index (χ4v) is 6.60. The van der Waals surface area contributed by atoms with Crippen molar-refractivity contribution in [1.29, 1.82) is 0 Å². The van der Waals surface area contributed by atoms with Crippen LogP contribution in [0.1, 0.15) is 31.6 Å². The number of hydrogen-bond donors (Lipinski definition) is 2. The smallest absolute Gasteiger partial charge is 0.338 e. The summed E-state index contributed by atoms with van der Waals surface area (Å²) in [6.45, 7) is 1.79. The van der Waals surface area contributed by atoms with E-state index < -0.39 is 40.0 Å². The first-order chi connectivity index (χ1) is 16.8. The highest BCUT2D eigenvalue weighted by Gasteiger charge is 2.37. The number of esters is 2. The zero-order valence-electron chi connectivity index (χ0n) is 18.9. The Morgan fingerprint density at radius 1 is 1.20 bits per heavy atom. The van der Waals surface area contributed by atoms with E-state index in [1.54, 1.807) is 36.6 Å². The standard InChI is InChI=1S/C22H25N3O8S2/c1-2-31-21(27)18-15(23-22(28)24-19(18)16-5-3-11-32-16)13-33-20(26)14-7-9-25(10-8-14)35(29,30)17-6-4-12-34-17/h3-6,11-12,14,19H,2,7-10,13H2,1H3,(H2,23,24,28)/t19-/m0/s1. The summed E-state index contributed by atoms with van der Waals surface area (Å²) in [5.41, 5.74) is 0.172. The first kappa shape index (κ1) is 24.9. The third-order valence-corrected chi connectivity index (χ3v) is 8.98. The molecule has 2 aromatic rings. The molecule has 0 aromatic carbocycles. The Bertz CT molecular complexity index is 1200. The van der Waals surface area contributed by atoms with Crippen molar-refractivity contribution in [3.8, 4) is 0 Å². The molecule has 0 unspecified atom stereocenters. The van der Waals surface area contributed by atoms with Gasteiger partial charge < -0.3 is 24.5 Å². The van der Waals surface area contributed by atoms with Gasteiger partial charge in [0.25, 0.3) is 10.0 Å². The molecule has 4 rings (SSSR count). The highest BCUT2D eigenvalue weighted by Crippen LogP contribution is 2.29. The number of rotatable bonds is 8. The van der Waals surface area contributed by atoms with Gasteiger partial charge in [-0.2, -0.15) is 4.31 Å². The highest BCUT2D eigenvalue weighted by molar-refractivity contribution is 7.91. The molecule has 11 nitrogen and oxygen atoms in total. The third-order valence-electron chi connectivity index (χ3n) is 5.71. The van der Waals surface area contributed by atoms with Gasteiger partial charge in [0.2, 0.25) is 0 Å². The summed E-state index contributed by atoms with van der Waals surface area (Å²) in [5, 5.41) is 6.84. The molecular formula is C22H25N3O8S2. The molecule has 0 bridgehead atoms. The second-order valence-electron chi connectivity index (χ2n) is 7.88. The number of sulfonamides is 1. The number of nitrogens with zero attached hydrogens (tertiary/aromatic N) is 1. The van der Waals surface area contributed by atoms with Gasteiger partial charge in [0.05, 0.1) is 30.1 Å². The van der Waals surface area contributed by atoms with Crippen LogP contribution in [0.5, 0.6) is 0 Å². The van der Waals surface area contributed by atoms with Crippen LogP contribution in [0.2, 0.25) is 0 Å². The van der Waals surface area contributed by atoms with E-state index in [2.05, 4.69) is 10.6 Å². The summed E-state index contributed by atoms with van der Waals surface area (Å²) in [7, 11) is -3.58. The van der Waals surface area contributed by atoms with E-state index >= 15 is 0 Å². The molecule has 188 valence electrons. The molecule has 0 aliphatic carbocycles. The SMILES string of the molecule is CCOC(=O)C1=C(COC(=O)C2CCN(S(=O)(=O)c3cccs3)CC2)NC(=O)N[C@H]1c1ccco1. The fraction of sp³-hybridized carbons (Fsp3) is 0.409. The summed E-state index contributed by atoms with van der Waals surface area (Å²) >= 11 is 1.15. The molecule has 4 heterocycles. The third kappa shape index (κ3) is 5.41. The highest BCUT2D eigenvalue weighted by atomic mass is 32.2. The molecule has 0 radical (unpaired) electrons. The van der Waals surface area contributed by atoms with Gasteiger partial charge in [-0.05, 0) is 43.3 Å². The summed E-state index contributed by atoms with van der Waals surface area (Å²) in [4.78, 5) is 37.7. The predicted molar refractivity (Wildman–Crippen MR) is 124 cm³/mol. The Labute approximate surface area is 206 Å². The summed E-state index contributed by atoms with van der Waals surface area (Å²) in [6.07, 6.45) is 2.02. The number of piperidine rings is 1. The van der Waals surface area contributed by atoms with E-state index in [1.165, 1.54) is 10.6 Å². The van der Waals surface area contributed by atoms with Crippen molar-refractivity contribution < 1.29 is 36.7 Å². The maximum absolute atomic E-state index is 12.7. The van der Waals surface area contributed by atoms with E-state index in [9.17, 15) is 22.8 Å². The van der Waals surface area contributed by atoms with Crippen LogP contribution in [0.3, 0.4) is 0 Å². The Morgan fingerprint density at radius 3 is 2.60 bits per heavy atom. The minimum atomic E-state index is -3.58. The molecular weight excluding hydrogens is 498 g/mol. The number of carbonyl (C=O) groups excluding carboxylic acids is 3. The van der Waals surface area contributed by atoms with Gasteiger partial charge in [-0.1, -0.05) is 6.07 Å². The number of nitrogens with one attached hydrogen (secondary N) is 2. The zero-order chi connectivity index (χ0) is 25.0. The predicted octanol–water partition coefficient (Wildman–Crippen LogP) is 2.16. The summed E-state index contributed by atoms with van der Waals surface area (Å²) in [6, 6.07) is 4.97. The number of amides is 2. The van der Waals surface area contributed by atoms with Crippen LogP contribution in [0, 0.1) is 5.92 Å². The van der Waals surface area contributed by atoms with Crippen LogP contribution in [0.15, 0.2) is 55.8 Å². The first-order valence-electron chi connectivity index (χ1n) is 11.0. The van der Waals surface area contributed by atoms with Crippen LogP contribution in [-0.2, 0) is 29.1 Å². The fourth-order valence-electron chi connectivity index (χ4n) is 3.98. The molecule has 2 aliphatic heterocycles. The lowest BCUT2D eigenvalue weighted by atomic mass is 9.98. The van der Waals surface area contributed by atoms with Gasteiger partial charge in [0.1, 0.15) is 22.6 Å². The van der Waals surface area contributed by atoms with Crippen molar-refractivity contribution >= 4 is 39.3 Å². The Morgan fingerprint density at radius 2 is 1.97 bits per heavy atom. The van der Waals surface area contributed by atoms with Gasteiger partial charge in [-0.15, -0.1) is 11.3 Å². The lowest BCUT2D eigenvalue weighted by Gasteiger charge is -2.30. The largest absolute Gasteiger partial charge is 0.467 e. The van der Waals surface area contributed by atoms with Crippen molar-refractivity contribution in [3.63, 3.8) is 0 Å². The number of thiophene rings is 1. The van der Waals surface area contributed by atoms with Gasteiger partial charge >= 0.3 is 18.0 Å². The molecule has 35 heavy (non-hydrogen) atoms. The van der Waals surface area contributed by atoms with Crippen LogP contribution in [0.25, 0.3) is 0 Å². The molecule has 0 spiro atoms. The average Bonchev–Trinajstić information content (AvgIpc) is 3.57. The van der Waals surface area contributed by atoms with Crippen molar-refractivity contribution in [1.82, 2.24) is 14.9 Å². The number of carbonyl (C=O) groups is 3. The molecule has 1 atom stereocenters. The monoisotopic (exact) mass is 523 g/mol. The Hall–Kier alpha value is -3.16. The molecule has 13 heteroatoms. The van der Waals surface area contributed by atoms with E-state index in [0.717, 1.165) is 11.3 Å². The maximum Gasteiger partial charge on any atom is 0.338 e. The van der Waals surface area contributed by atoms with Gasteiger partial charge in [0.15, 0.2) is 0 Å². The molecule has 1 saturated heterocycles. The number of urea groups is 1. The van der Waals surface area contributed by atoms with Gasteiger partial charge in [-0.3, -0.25) is 4.79 Å². The van der Waals surface area contributed by atoms with Crippen molar-refractivity contribution in [3.05, 3.63) is 52.9 Å². The van der Waals surface area contributed by atoms with E-state index in [0.29, 0.717) is 18.6 Å². The lowest BCUT2D eigenvalue weighted by molar-refractivity contribution is -0.149. The van der Waals surface area contributed by atoms with Gasteiger partial charge in [0, 0.05) is 13.1 Å². The number of furan rings is 1. The van der Waals surface area contributed by atoms with E-state index in [4.69, 9.17) is 13.9 Å². The van der Waals surface area contributed by atoms with Crippen LogP contribution < -0.4 is 10.6 Å². The first-order valence-corrected chi connectivity index (χ1v) is 13.3. The Balaban J connectivity index is 1.43. The number of ether oxygens (including phenoxy) is 2. The topological polar surface area (TPSA) is 144 Å². The molecule has 2 aromatic heterocycles. The van der Waals surface area contributed by atoms with E-state index in [-0.39, 0.29) is 41.8 Å². The zero-order valence-corrected chi connectivity index (χ0v) is 20.5. The van der Waals surface area contributed by atoms with E-state index in [1.807, 2.05) is 0 Å². The Kier molecular flexibility index (Phi) is 7.57. The molecule has 0 saturated carbocycles. The van der Waals surface area contributed by atoms with Crippen LogP contribution in [-0.4, -0.2) is 57.0 Å². The average molecular weight is 524 g/mol. The molecule has 2 N–H and O–H groups in total. The summed E-state index contributed by atoms with van der Waals surface area (Å²) in [5.74, 6) is -1.39. The van der Waals surface area contributed by atoms with Crippen molar-refractivity contribution in [2.75, 3.05) is 26.3 Å². The minimum Gasteiger partial charge on any atom is -0.467 e. The minimum absolute atomic E-state index is 0.0751. The lowest BCUT2D eigenvalue weighted by Crippen LogP contribution is -2.47. The van der Waals surface area contributed by atoms with Crippen molar-refractivity contribution in [2.45, 2.75) is 30.0 Å². The van der Waals surface area contributed by atoms with Gasteiger partial charge in [-0.25, -0.2) is 18.0 Å². The molecule has 2 aliphatic rings. The molecule has 1 fully saturated rings. The quantitative estimate of drug-likeness (QED) is 0.501.